The molecule has 3 nitrogen and oxygen atoms in total. The first kappa shape index (κ1) is 15.5. The molecule has 1 unspecified atom stereocenters. The summed E-state index contributed by atoms with van der Waals surface area (Å²) in [6.45, 7) is 8.23. The molecule has 0 saturated carbocycles. The molecule has 0 bridgehead atoms. The van der Waals surface area contributed by atoms with Crippen LogP contribution in [-0.4, -0.2) is 5.91 Å². The molecule has 0 aliphatic heterocycles. The van der Waals surface area contributed by atoms with Crippen LogP contribution >= 0.6 is 0 Å². The van der Waals surface area contributed by atoms with Crippen molar-refractivity contribution in [3.05, 3.63) is 23.3 Å². The average Bonchev–Trinajstić information content (AvgIpc) is 2.40. The number of nitrogens with two attached hydrogens (primary N) is 1. The van der Waals surface area contributed by atoms with E-state index in [9.17, 15) is 4.79 Å². The van der Waals surface area contributed by atoms with Gasteiger partial charge in [0.2, 0.25) is 5.91 Å². The van der Waals surface area contributed by atoms with Crippen LogP contribution in [0.25, 0.3) is 0 Å². The Morgan fingerprint density at radius 1 is 1.32 bits per heavy atom. The molecule has 0 radical (unpaired) electrons. The maximum absolute atomic E-state index is 12.3. The van der Waals surface area contributed by atoms with Gasteiger partial charge in [0.1, 0.15) is 0 Å². The van der Waals surface area contributed by atoms with Crippen LogP contribution in [-0.2, 0) is 4.79 Å². The quantitative estimate of drug-likeness (QED) is 0.760. The predicted octanol–water partition coefficient (Wildman–Crippen LogP) is 4.04. The molecule has 0 spiro atoms. The number of nitrogens with one attached hydrogen (secondary N) is 1. The first-order valence-corrected chi connectivity index (χ1v) is 7.17. The van der Waals surface area contributed by atoms with Gasteiger partial charge in [-0.2, -0.15) is 0 Å². The minimum absolute atomic E-state index is 0.0827. The van der Waals surface area contributed by atoms with Gasteiger partial charge in [0.15, 0.2) is 0 Å². The number of nitrogen functional groups attached to an aromatic ring is 1. The summed E-state index contributed by atoms with van der Waals surface area (Å²) >= 11 is 0. The molecule has 0 aliphatic carbocycles. The number of carbonyl (C=O) groups is 1. The third-order valence-corrected chi connectivity index (χ3v) is 3.79. The van der Waals surface area contributed by atoms with Gasteiger partial charge < -0.3 is 11.1 Å². The van der Waals surface area contributed by atoms with Crippen molar-refractivity contribution >= 4 is 17.3 Å². The Balaban J connectivity index is 2.84. The number of carbonyl (C=O) groups excluding carboxylic acids is 1. The lowest BCUT2D eigenvalue weighted by molar-refractivity contribution is -0.120. The molecule has 0 fully saturated rings. The zero-order valence-corrected chi connectivity index (χ0v) is 12.5. The van der Waals surface area contributed by atoms with Crippen molar-refractivity contribution in [2.45, 2.75) is 53.4 Å². The van der Waals surface area contributed by atoms with E-state index in [0.717, 1.165) is 42.5 Å². The monoisotopic (exact) mass is 262 g/mol. The van der Waals surface area contributed by atoms with Gasteiger partial charge in [-0.3, -0.25) is 4.79 Å². The van der Waals surface area contributed by atoms with E-state index in [1.165, 1.54) is 0 Å². The first-order valence-electron chi connectivity index (χ1n) is 7.17. The Morgan fingerprint density at radius 2 is 2.00 bits per heavy atom. The molecule has 0 saturated heterocycles. The summed E-state index contributed by atoms with van der Waals surface area (Å²) in [5.41, 5.74) is 9.58. The molecular weight excluding hydrogens is 236 g/mol. The maximum Gasteiger partial charge on any atom is 0.227 e. The number of amides is 1. The molecule has 0 aliphatic rings. The Kier molecular flexibility index (Phi) is 5.87. The second-order valence-electron chi connectivity index (χ2n) is 5.21. The van der Waals surface area contributed by atoms with E-state index in [1.807, 2.05) is 26.0 Å². The van der Waals surface area contributed by atoms with Gasteiger partial charge in [0.05, 0.1) is 11.4 Å². The third-order valence-electron chi connectivity index (χ3n) is 3.79. The molecule has 1 atom stereocenters. The van der Waals surface area contributed by atoms with E-state index < -0.39 is 0 Å². The van der Waals surface area contributed by atoms with Crippen LogP contribution in [0.2, 0.25) is 0 Å². The topological polar surface area (TPSA) is 55.1 Å². The standard InChI is InChI=1S/C16H26N2O/c1-5-7-8-13(6-2)16(19)18-15-12(4)11(3)9-10-14(15)17/h9-10,13H,5-8,17H2,1-4H3,(H,18,19). The molecule has 1 aromatic rings. The molecule has 1 amide bonds. The summed E-state index contributed by atoms with van der Waals surface area (Å²) in [6, 6.07) is 3.83. The average molecular weight is 262 g/mol. The summed E-state index contributed by atoms with van der Waals surface area (Å²) in [4.78, 5) is 12.3. The number of hydrogen-bond acceptors (Lipinski definition) is 2. The lowest BCUT2D eigenvalue weighted by Crippen LogP contribution is -2.23. The lowest BCUT2D eigenvalue weighted by atomic mass is 9.97. The largest absolute Gasteiger partial charge is 0.397 e. The van der Waals surface area contributed by atoms with E-state index in [1.54, 1.807) is 0 Å². The fourth-order valence-corrected chi connectivity index (χ4v) is 2.20. The Hall–Kier alpha value is -1.51. The lowest BCUT2D eigenvalue weighted by Gasteiger charge is -2.18. The van der Waals surface area contributed by atoms with Gasteiger partial charge in [0.25, 0.3) is 0 Å². The van der Waals surface area contributed by atoms with Gasteiger partial charge in [-0.1, -0.05) is 32.8 Å². The number of hydrogen-bond donors (Lipinski definition) is 2. The molecular formula is C16H26N2O. The molecule has 1 aromatic carbocycles. The highest BCUT2D eigenvalue weighted by molar-refractivity contribution is 5.96. The highest BCUT2D eigenvalue weighted by Crippen LogP contribution is 2.27. The summed E-state index contributed by atoms with van der Waals surface area (Å²) < 4.78 is 0. The summed E-state index contributed by atoms with van der Waals surface area (Å²) in [6.07, 6.45) is 4.03. The van der Waals surface area contributed by atoms with Crippen molar-refractivity contribution in [3.63, 3.8) is 0 Å². The second kappa shape index (κ2) is 7.17. The van der Waals surface area contributed by atoms with Gasteiger partial charge in [-0.05, 0) is 43.9 Å². The van der Waals surface area contributed by atoms with E-state index in [4.69, 9.17) is 5.73 Å². The van der Waals surface area contributed by atoms with Gasteiger partial charge in [-0.15, -0.1) is 0 Å². The molecule has 3 N–H and O–H groups in total. The van der Waals surface area contributed by atoms with Crippen molar-refractivity contribution in [2.75, 3.05) is 11.1 Å². The van der Waals surface area contributed by atoms with Crippen molar-refractivity contribution in [1.29, 1.82) is 0 Å². The van der Waals surface area contributed by atoms with Gasteiger partial charge in [-0.25, -0.2) is 0 Å². The van der Waals surface area contributed by atoms with E-state index >= 15 is 0 Å². The van der Waals surface area contributed by atoms with Crippen LogP contribution in [0.3, 0.4) is 0 Å². The fourth-order valence-electron chi connectivity index (χ4n) is 2.20. The molecule has 3 heteroatoms. The SMILES string of the molecule is CCCCC(CC)C(=O)Nc1c(N)ccc(C)c1C. The molecule has 1 rings (SSSR count). The van der Waals surface area contributed by atoms with Crippen molar-refractivity contribution in [1.82, 2.24) is 0 Å². The number of rotatable bonds is 6. The normalized spacial score (nSPS) is 12.2. The van der Waals surface area contributed by atoms with Crippen LogP contribution in [0.15, 0.2) is 12.1 Å². The summed E-state index contributed by atoms with van der Waals surface area (Å²) in [5.74, 6) is 0.176. The van der Waals surface area contributed by atoms with Crippen molar-refractivity contribution < 1.29 is 4.79 Å². The van der Waals surface area contributed by atoms with Crippen LogP contribution in [0.4, 0.5) is 11.4 Å². The Bertz CT molecular complexity index is 441. The van der Waals surface area contributed by atoms with Gasteiger partial charge >= 0.3 is 0 Å². The smallest absolute Gasteiger partial charge is 0.227 e. The first-order chi connectivity index (χ1) is 9.01. The molecule has 19 heavy (non-hydrogen) atoms. The zero-order chi connectivity index (χ0) is 14.4. The van der Waals surface area contributed by atoms with Gasteiger partial charge in [0, 0.05) is 5.92 Å². The second-order valence-corrected chi connectivity index (χ2v) is 5.21. The Labute approximate surface area is 116 Å². The van der Waals surface area contributed by atoms with Crippen molar-refractivity contribution in [2.24, 2.45) is 5.92 Å². The molecule has 0 heterocycles. The predicted molar refractivity (Wildman–Crippen MR) is 82.3 cm³/mol. The summed E-state index contributed by atoms with van der Waals surface area (Å²) in [5, 5.41) is 3.02. The van der Waals surface area contributed by atoms with E-state index in [2.05, 4.69) is 19.2 Å². The third kappa shape index (κ3) is 3.98. The maximum atomic E-state index is 12.3. The number of unbranched alkanes of at least 4 members (excludes halogenated alkanes) is 1. The van der Waals surface area contributed by atoms with Crippen molar-refractivity contribution in [3.8, 4) is 0 Å². The van der Waals surface area contributed by atoms with Crippen LogP contribution in [0.1, 0.15) is 50.7 Å². The summed E-state index contributed by atoms with van der Waals surface area (Å²) in [7, 11) is 0. The number of anilines is 2. The highest BCUT2D eigenvalue weighted by Gasteiger charge is 2.18. The van der Waals surface area contributed by atoms with Crippen LogP contribution in [0.5, 0.6) is 0 Å². The highest BCUT2D eigenvalue weighted by atomic mass is 16.1. The van der Waals surface area contributed by atoms with E-state index in [-0.39, 0.29) is 11.8 Å². The number of aryl methyl sites for hydroxylation is 1. The van der Waals surface area contributed by atoms with E-state index in [0.29, 0.717) is 5.69 Å². The fraction of sp³-hybridized carbons (Fsp3) is 0.562. The minimum Gasteiger partial charge on any atom is -0.397 e. The van der Waals surface area contributed by atoms with Crippen LogP contribution < -0.4 is 11.1 Å². The molecule has 106 valence electrons. The molecule has 0 aromatic heterocycles. The van der Waals surface area contributed by atoms with Crippen LogP contribution in [0, 0.1) is 19.8 Å². The zero-order valence-electron chi connectivity index (χ0n) is 12.5. The Morgan fingerprint density at radius 3 is 2.58 bits per heavy atom. The number of benzene rings is 1. The minimum atomic E-state index is 0.0827.